The van der Waals surface area contributed by atoms with Gasteiger partial charge in [0.15, 0.2) is 0 Å². The van der Waals surface area contributed by atoms with Crippen molar-refractivity contribution in [3.63, 3.8) is 0 Å². The normalized spacial score (nSPS) is 11.0. The van der Waals surface area contributed by atoms with Crippen LogP contribution in [0.4, 0.5) is 0 Å². The van der Waals surface area contributed by atoms with E-state index in [1.807, 2.05) is 31.5 Å². The maximum absolute atomic E-state index is 4.51. The molecule has 0 aliphatic heterocycles. The summed E-state index contributed by atoms with van der Waals surface area (Å²) in [7, 11) is 0. The monoisotopic (exact) mass is 222 g/mol. The number of nitrogens with zero attached hydrogens (tertiary/aromatic N) is 2. The van der Waals surface area contributed by atoms with Crippen LogP contribution in [0.15, 0.2) is 17.6 Å². The van der Waals surface area contributed by atoms with Gasteiger partial charge < -0.3 is 0 Å². The molecule has 0 atom stereocenters. The number of hydrogen-bond donors (Lipinski definition) is 0. The SMILES string of the molecule is CC.CC(C)(C)c1ncc2ccsc2n1. The standard InChI is InChI=1S/C10H12N2S.C2H6/c1-10(2,3)9-11-6-7-4-5-13-8(7)12-9;1-2/h4-6H,1-3H3;1-2H3. The van der Waals surface area contributed by atoms with Crippen LogP contribution in [0, 0.1) is 0 Å². The zero-order valence-electron chi connectivity index (χ0n) is 10.0. The average Bonchev–Trinajstić information content (AvgIpc) is 2.66. The number of rotatable bonds is 0. The van der Waals surface area contributed by atoms with Crippen LogP contribution in [-0.4, -0.2) is 9.97 Å². The fourth-order valence-corrected chi connectivity index (χ4v) is 1.86. The van der Waals surface area contributed by atoms with Crippen molar-refractivity contribution in [3.05, 3.63) is 23.5 Å². The van der Waals surface area contributed by atoms with Gasteiger partial charge in [0.05, 0.1) is 0 Å². The van der Waals surface area contributed by atoms with Crippen molar-refractivity contribution in [2.75, 3.05) is 0 Å². The van der Waals surface area contributed by atoms with Gasteiger partial charge in [-0.2, -0.15) is 0 Å². The second-order valence-electron chi connectivity index (χ2n) is 4.12. The molecule has 82 valence electrons. The first kappa shape index (κ1) is 12.1. The first-order valence-electron chi connectivity index (χ1n) is 5.28. The van der Waals surface area contributed by atoms with Crippen LogP contribution in [0.3, 0.4) is 0 Å². The van der Waals surface area contributed by atoms with Crippen molar-refractivity contribution in [2.24, 2.45) is 0 Å². The van der Waals surface area contributed by atoms with Crippen LogP contribution < -0.4 is 0 Å². The third-order valence-electron chi connectivity index (χ3n) is 1.88. The Morgan fingerprint density at radius 2 is 1.87 bits per heavy atom. The van der Waals surface area contributed by atoms with Gasteiger partial charge in [-0.1, -0.05) is 34.6 Å². The molecule has 0 aliphatic rings. The van der Waals surface area contributed by atoms with E-state index in [4.69, 9.17) is 0 Å². The fourth-order valence-electron chi connectivity index (χ4n) is 1.12. The average molecular weight is 222 g/mol. The van der Waals surface area contributed by atoms with Crippen LogP contribution in [-0.2, 0) is 5.41 Å². The molecule has 2 heterocycles. The van der Waals surface area contributed by atoms with Gasteiger partial charge in [-0.15, -0.1) is 11.3 Å². The summed E-state index contributed by atoms with van der Waals surface area (Å²) in [5.41, 5.74) is 0.0399. The van der Waals surface area contributed by atoms with Gasteiger partial charge in [0.2, 0.25) is 0 Å². The fraction of sp³-hybridized carbons (Fsp3) is 0.500. The summed E-state index contributed by atoms with van der Waals surface area (Å²) >= 11 is 1.67. The molecule has 0 saturated carbocycles. The topological polar surface area (TPSA) is 25.8 Å². The van der Waals surface area contributed by atoms with Crippen molar-refractivity contribution in [1.29, 1.82) is 0 Å². The lowest BCUT2D eigenvalue weighted by molar-refractivity contribution is 0.549. The van der Waals surface area contributed by atoms with Gasteiger partial charge in [0.1, 0.15) is 10.7 Å². The third-order valence-corrected chi connectivity index (χ3v) is 2.70. The lowest BCUT2D eigenvalue weighted by Gasteiger charge is -2.15. The van der Waals surface area contributed by atoms with Crippen LogP contribution in [0.5, 0.6) is 0 Å². The molecule has 0 unspecified atom stereocenters. The summed E-state index contributed by atoms with van der Waals surface area (Å²) in [5.74, 6) is 0.919. The smallest absolute Gasteiger partial charge is 0.135 e. The molecule has 2 aromatic rings. The molecule has 0 fully saturated rings. The number of aromatic nitrogens is 2. The second kappa shape index (κ2) is 4.71. The molecule has 0 saturated heterocycles. The lowest BCUT2D eigenvalue weighted by atomic mass is 9.96. The van der Waals surface area contributed by atoms with Crippen molar-refractivity contribution < 1.29 is 0 Å². The molecule has 15 heavy (non-hydrogen) atoms. The molecule has 0 spiro atoms. The summed E-state index contributed by atoms with van der Waals surface area (Å²) in [5, 5.41) is 3.18. The maximum Gasteiger partial charge on any atom is 0.135 e. The van der Waals surface area contributed by atoms with E-state index in [1.54, 1.807) is 11.3 Å². The minimum atomic E-state index is 0.0399. The lowest BCUT2D eigenvalue weighted by Crippen LogP contribution is -2.15. The number of thiophene rings is 1. The van der Waals surface area contributed by atoms with Crippen LogP contribution >= 0.6 is 11.3 Å². The summed E-state index contributed by atoms with van der Waals surface area (Å²) in [6.07, 6.45) is 1.90. The maximum atomic E-state index is 4.51. The Morgan fingerprint density at radius 1 is 1.20 bits per heavy atom. The minimum Gasteiger partial charge on any atom is -0.240 e. The van der Waals surface area contributed by atoms with Gasteiger partial charge in [-0.25, -0.2) is 9.97 Å². The van der Waals surface area contributed by atoms with Crippen LogP contribution in [0.2, 0.25) is 0 Å². The highest BCUT2D eigenvalue weighted by molar-refractivity contribution is 7.16. The quantitative estimate of drug-likeness (QED) is 0.673. The Labute approximate surface area is 95.4 Å². The van der Waals surface area contributed by atoms with Crippen molar-refractivity contribution >= 4 is 21.6 Å². The summed E-state index contributed by atoms with van der Waals surface area (Å²) in [6.45, 7) is 10.4. The molecule has 0 bridgehead atoms. The molecule has 2 nitrogen and oxygen atoms in total. The summed E-state index contributed by atoms with van der Waals surface area (Å²) < 4.78 is 0. The molecule has 2 rings (SSSR count). The molecule has 2 aromatic heterocycles. The predicted molar refractivity (Wildman–Crippen MR) is 67.5 cm³/mol. The second-order valence-corrected chi connectivity index (χ2v) is 5.02. The van der Waals surface area contributed by atoms with E-state index in [-0.39, 0.29) is 5.41 Å². The largest absolute Gasteiger partial charge is 0.240 e. The Hall–Kier alpha value is -0.960. The summed E-state index contributed by atoms with van der Waals surface area (Å²) in [4.78, 5) is 9.94. The highest BCUT2D eigenvalue weighted by Gasteiger charge is 2.17. The van der Waals surface area contributed by atoms with Crippen molar-refractivity contribution in [2.45, 2.75) is 40.0 Å². The Morgan fingerprint density at radius 3 is 2.47 bits per heavy atom. The van der Waals surface area contributed by atoms with E-state index >= 15 is 0 Å². The first-order chi connectivity index (χ1) is 7.07. The van der Waals surface area contributed by atoms with E-state index < -0.39 is 0 Å². The van der Waals surface area contributed by atoms with E-state index in [0.29, 0.717) is 0 Å². The zero-order valence-corrected chi connectivity index (χ0v) is 10.9. The molecular formula is C12H18N2S. The Balaban J connectivity index is 0.000000531. The Kier molecular flexibility index (Phi) is 3.80. The Bertz CT molecular complexity index is 426. The molecular weight excluding hydrogens is 204 g/mol. The molecule has 3 heteroatoms. The molecule has 0 aliphatic carbocycles. The summed E-state index contributed by atoms with van der Waals surface area (Å²) in [6, 6.07) is 2.05. The highest BCUT2D eigenvalue weighted by atomic mass is 32.1. The van der Waals surface area contributed by atoms with Gasteiger partial charge in [-0.3, -0.25) is 0 Å². The van der Waals surface area contributed by atoms with Gasteiger partial charge in [0, 0.05) is 17.0 Å². The molecule has 0 radical (unpaired) electrons. The zero-order chi connectivity index (χ0) is 11.5. The van der Waals surface area contributed by atoms with E-state index in [0.717, 1.165) is 16.0 Å². The van der Waals surface area contributed by atoms with Crippen molar-refractivity contribution in [3.8, 4) is 0 Å². The van der Waals surface area contributed by atoms with Gasteiger partial charge >= 0.3 is 0 Å². The predicted octanol–water partition coefficient (Wildman–Crippen LogP) is 4.02. The first-order valence-corrected chi connectivity index (χ1v) is 6.16. The van der Waals surface area contributed by atoms with Gasteiger partial charge in [0.25, 0.3) is 0 Å². The van der Waals surface area contributed by atoms with Crippen molar-refractivity contribution in [1.82, 2.24) is 9.97 Å². The van der Waals surface area contributed by atoms with E-state index in [9.17, 15) is 0 Å². The molecule has 0 aromatic carbocycles. The molecule has 0 N–H and O–H groups in total. The van der Waals surface area contributed by atoms with Crippen LogP contribution in [0.1, 0.15) is 40.4 Å². The molecule has 0 amide bonds. The van der Waals surface area contributed by atoms with E-state index in [1.165, 1.54) is 0 Å². The third kappa shape index (κ3) is 2.75. The van der Waals surface area contributed by atoms with E-state index in [2.05, 4.69) is 30.7 Å². The van der Waals surface area contributed by atoms with Crippen LogP contribution in [0.25, 0.3) is 10.2 Å². The number of fused-ring (bicyclic) bond motifs is 1. The number of hydrogen-bond acceptors (Lipinski definition) is 3. The highest BCUT2D eigenvalue weighted by Crippen LogP contribution is 2.22. The van der Waals surface area contributed by atoms with Gasteiger partial charge in [-0.05, 0) is 11.4 Å². The minimum absolute atomic E-state index is 0.0399.